The van der Waals surface area contributed by atoms with Crippen LogP contribution < -0.4 is 14.8 Å². The molecule has 100 valence electrons. The smallest absolute Gasteiger partial charge is 0.265 e. The molecule has 0 atom stereocenters. The van der Waals surface area contributed by atoms with E-state index in [0.29, 0.717) is 0 Å². The zero-order valence-electron chi connectivity index (χ0n) is 9.98. The van der Waals surface area contributed by atoms with Crippen LogP contribution >= 0.6 is 10.7 Å². The van der Waals surface area contributed by atoms with Crippen molar-refractivity contribution in [3.8, 4) is 11.5 Å². The highest BCUT2D eigenvalue weighted by atomic mass is 35.7. The molecule has 0 saturated carbocycles. The number of carbonyl (C=O) groups excluding carboxylic acids is 1. The summed E-state index contributed by atoms with van der Waals surface area (Å²) in [6.45, 7) is 0. The van der Waals surface area contributed by atoms with E-state index in [-0.39, 0.29) is 22.0 Å². The third-order valence-electron chi connectivity index (χ3n) is 2.20. The summed E-state index contributed by atoms with van der Waals surface area (Å²) in [5, 5.41) is 2.38. The van der Waals surface area contributed by atoms with Gasteiger partial charge in [-0.2, -0.15) is 0 Å². The molecule has 0 fully saturated rings. The third-order valence-corrected chi connectivity index (χ3v) is 3.52. The average molecular weight is 294 g/mol. The van der Waals surface area contributed by atoms with E-state index in [0.717, 1.165) is 6.07 Å². The van der Waals surface area contributed by atoms with Crippen LogP contribution in [0.1, 0.15) is 10.4 Å². The predicted octanol–water partition coefficient (Wildman–Crippen LogP) is 0.991. The number of carbonyl (C=O) groups is 1. The fraction of sp³-hybridized carbons (Fsp3) is 0.300. The van der Waals surface area contributed by atoms with Crippen molar-refractivity contribution in [1.82, 2.24) is 5.32 Å². The molecule has 1 aromatic rings. The Hall–Kier alpha value is -1.47. The van der Waals surface area contributed by atoms with Gasteiger partial charge in [-0.15, -0.1) is 0 Å². The first-order valence-electron chi connectivity index (χ1n) is 4.78. The molecule has 0 heterocycles. The van der Waals surface area contributed by atoms with E-state index in [4.69, 9.17) is 20.2 Å². The van der Waals surface area contributed by atoms with Crippen LogP contribution in [0, 0.1) is 0 Å². The van der Waals surface area contributed by atoms with E-state index in [2.05, 4.69) is 5.32 Å². The zero-order chi connectivity index (χ0) is 13.9. The maximum absolute atomic E-state index is 11.5. The second-order valence-electron chi connectivity index (χ2n) is 3.23. The van der Waals surface area contributed by atoms with E-state index >= 15 is 0 Å². The number of benzene rings is 1. The van der Waals surface area contributed by atoms with E-state index in [1.165, 1.54) is 27.3 Å². The predicted molar refractivity (Wildman–Crippen MR) is 66.0 cm³/mol. The normalized spacial score (nSPS) is 10.9. The number of nitrogens with one attached hydrogen (secondary N) is 1. The number of ether oxygens (including phenoxy) is 2. The van der Waals surface area contributed by atoms with Crippen molar-refractivity contribution < 1.29 is 22.7 Å². The van der Waals surface area contributed by atoms with Crippen LogP contribution in [0.2, 0.25) is 0 Å². The van der Waals surface area contributed by atoms with Crippen LogP contribution in [0.5, 0.6) is 11.5 Å². The monoisotopic (exact) mass is 293 g/mol. The number of hydrogen-bond donors (Lipinski definition) is 1. The van der Waals surface area contributed by atoms with Gasteiger partial charge < -0.3 is 14.8 Å². The summed E-state index contributed by atoms with van der Waals surface area (Å²) in [6.07, 6.45) is 0. The Morgan fingerprint density at radius 2 is 1.89 bits per heavy atom. The summed E-state index contributed by atoms with van der Waals surface area (Å²) in [5.41, 5.74) is 0.106. The molecule has 0 radical (unpaired) electrons. The standard InChI is InChI=1S/C10H12ClNO5S/c1-12-10(13)6-4-7(16-2)9(17-3)8(5-6)18(11,14)15/h4-5H,1-3H3,(H,12,13). The lowest BCUT2D eigenvalue weighted by Gasteiger charge is -2.12. The number of amides is 1. The molecule has 18 heavy (non-hydrogen) atoms. The van der Waals surface area contributed by atoms with Crippen LogP contribution in [0.4, 0.5) is 0 Å². The van der Waals surface area contributed by atoms with Crippen LogP contribution in [-0.4, -0.2) is 35.6 Å². The molecular formula is C10H12ClNO5S. The first kappa shape index (κ1) is 14.6. The highest BCUT2D eigenvalue weighted by Gasteiger charge is 2.23. The molecule has 0 spiro atoms. The van der Waals surface area contributed by atoms with Gasteiger partial charge in [0, 0.05) is 23.3 Å². The molecule has 0 bridgehead atoms. The lowest BCUT2D eigenvalue weighted by molar-refractivity contribution is 0.0962. The molecule has 1 rings (SSSR count). The molecule has 0 saturated heterocycles. The number of hydrogen-bond acceptors (Lipinski definition) is 5. The molecule has 6 nitrogen and oxygen atoms in total. The Bertz CT molecular complexity index is 570. The van der Waals surface area contributed by atoms with E-state index < -0.39 is 15.0 Å². The Kier molecular flexibility index (Phi) is 4.42. The molecule has 0 aliphatic rings. The number of rotatable bonds is 4. The zero-order valence-corrected chi connectivity index (χ0v) is 11.6. The highest BCUT2D eigenvalue weighted by Crippen LogP contribution is 2.37. The Morgan fingerprint density at radius 1 is 1.28 bits per heavy atom. The molecular weight excluding hydrogens is 282 g/mol. The second-order valence-corrected chi connectivity index (χ2v) is 5.76. The lowest BCUT2D eigenvalue weighted by atomic mass is 10.2. The van der Waals surface area contributed by atoms with Gasteiger partial charge in [-0.05, 0) is 12.1 Å². The van der Waals surface area contributed by atoms with Gasteiger partial charge in [0.2, 0.25) is 0 Å². The summed E-state index contributed by atoms with van der Waals surface area (Å²) >= 11 is 0. The minimum atomic E-state index is -4.06. The fourth-order valence-corrected chi connectivity index (χ4v) is 2.40. The van der Waals surface area contributed by atoms with E-state index in [1.54, 1.807) is 0 Å². The van der Waals surface area contributed by atoms with Gasteiger partial charge >= 0.3 is 0 Å². The number of methoxy groups -OCH3 is 2. The van der Waals surface area contributed by atoms with Gasteiger partial charge in [0.1, 0.15) is 4.90 Å². The lowest BCUT2D eigenvalue weighted by Crippen LogP contribution is -2.18. The first-order valence-corrected chi connectivity index (χ1v) is 7.08. The number of halogens is 1. The molecule has 0 aliphatic heterocycles. The maximum Gasteiger partial charge on any atom is 0.265 e. The van der Waals surface area contributed by atoms with Crippen LogP contribution in [0.15, 0.2) is 17.0 Å². The quantitative estimate of drug-likeness (QED) is 0.837. The Morgan fingerprint density at radius 3 is 2.28 bits per heavy atom. The summed E-state index contributed by atoms with van der Waals surface area (Å²) in [4.78, 5) is 11.2. The van der Waals surface area contributed by atoms with Crippen LogP contribution in [0.25, 0.3) is 0 Å². The minimum Gasteiger partial charge on any atom is -0.493 e. The van der Waals surface area contributed by atoms with E-state index in [1.807, 2.05) is 0 Å². The maximum atomic E-state index is 11.5. The van der Waals surface area contributed by atoms with Crippen molar-refractivity contribution >= 4 is 25.6 Å². The Labute approximate surface area is 109 Å². The summed E-state index contributed by atoms with van der Waals surface area (Å²) < 4.78 is 32.8. The van der Waals surface area contributed by atoms with Gasteiger partial charge in [-0.25, -0.2) is 8.42 Å². The molecule has 1 N–H and O–H groups in total. The van der Waals surface area contributed by atoms with E-state index in [9.17, 15) is 13.2 Å². The summed E-state index contributed by atoms with van der Waals surface area (Å²) in [6, 6.07) is 2.49. The van der Waals surface area contributed by atoms with Gasteiger partial charge in [0.05, 0.1) is 14.2 Å². The highest BCUT2D eigenvalue weighted by molar-refractivity contribution is 8.13. The van der Waals surface area contributed by atoms with Crippen LogP contribution in [0.3, 0.4) is 0 Å². The van der Waals surface area contributed by atoms with Crippen molar-refractivity contribution in [2.75, 3.05) is 21.3 Å². The van der Waals surface area contributed by atoms with Gasteiger partial charge in [-0.3, -0.25) is 4.79 Å². The molecule has 1 aromatic carbocycles. The van der Waals surface area contributed by atoms with Crippen molar-refractivity contribution in [1.29, 1.82) is 0 Å². The molecule has 1 amide bonds. The molecule has 0 aromatic heterocycles. The molecule has 0 aliphatic carbocycles. The molecule has 8 heteroatoms. The average Bonchev–Trinajstić information content (AvgIpc) is 2.34. The summed E-state index contributed by atoms with van der Waals surface area (Å²) in [5.74, 6) is -0.393. The minimum absolute atomic E-state index is 0.0415. The van der Waals surface area contributed by atoms with Crippen molar-refractivity contribution in [3.05, 3.63) is 17.7 Å². The van der Waals surface area contributed by atoms with Gasteiger partial charge in [0.15, 0.2) is 11.5 Å². The van der Waals surface area contributed by atoms with Gasteiger partial charge in [0.25, 0.3) is 15.0 Å². The first-order chi connectivity index (χ1) is 8.35. The SMILES string of the molecule is CNC(=O)c1cc(OC)c(OC)c(S(=O)(=O)Cl)c1. The topological polar surface area (TPSA) is 81.7 Å². The largest absolute Gasteiger partial charge is 0.493 e. The van der Waals surface area contributed by atoms with Crippen molar-refractivity contribution in [2.45, 2.75) is 4.90 Å². The van der Waals surface area contributed by atoms with Crippen molar-refractivity contribution in [2.24, 2.45) is 0 Å². The van der Waals surface area contributed by atoms with Crippen molar-refractivity contribution in [3.63, 3.8) is 0 Å². The fourth-order valence-electron chi connectivity index (χ4n) is 1.39. The third kappa shape index (κ3) is 2.85. The second kappa shape index (κ2) is 5.45. The van der Waals surface area contributed by atoms with Crippen LogP contribution in [-0.2, 0) is 9.05 Å². The molecule has 0 unspecified atom stereocenters. The Balaban J connectivity index is 3.61. The summed E-state index contributed by atoms with van der Waals surface area (Å²) in [7, 11) is 5.28. The van der Waals surface area contributed by atoms with Gasteiger partial charge in [-0.1, -0.05) is 0 Å².